The number of allylic oxidation sites excluding steroid dienone is 4. The molecule has 2 heteroatoms. The van der Waals surface area contributed by atoms with Gasteiger partial charge >= 0.3 is 0 Å². The second-order valence-electron chi connectivity index (χ2n) is 6.73. The Bertz CT molecular complexity index is 617. The molecule has 24 heavy (non-hydrogen) atoms. The Hall–Kier alpha value is -2.32. The first kappa shape index (κ1) is 18.0. The molecule has 0 radical (unpaired) electrons. The van der Waals surface area contributed by atoms with Crippen LogP contribution >= 0.6 is 0 Å². The Morgan fingerprint density at radius 1 is 0.917 bits per heavy atom. The van der Waals surface area contributed by atoms with Crippen LogP contribution in [-0.4, -0.2) is 0 Å². The van der Waals surface area contributed by atoms with Crippen LogP contribution in [0.1, 0.15) is 56.1 Å². The topological polar surface area (TPSA) is 47.6 Å². The standard InChI is InChI=1S/C22H26N2/c23-17-5-3-1-2-4-6-19-7-9-20(10-8-19)11-12-21-13-15-22(18-24)16-14-21/h1-3,5,13-16,19-20H,4,6-12H2/t19-,20-. The highest BCUT2D eigenvalue weighted by Gasteiger charge is 2.20. The fraction of sp³-hybridized carbons (Fsp3) is 0.455. The van der Waals surface area contributed by atoms with E-state index in [2.05, 4.69) is 24.3 Å². The highest BCUT2D eigenvalue weighted by molar-refractivity contribution is 5.31. The number of hydrogen-bond acceptors (Lipinski definition) is 2. The van der Waals surface area contributed by atoms with Crippen molar-refractivity contribution in [2.45, 2.75) is 51.4 Å². The van der Waals surface area contributed by atoms with Crippen LogP contribution in [0.5, 0.6) is 0 Å². The predicted octanol–water partition coefficient (Wildman–Crippen LogP) is 5.71. The van der Waals surface area contributed by atoms with Crippen molar-refractivity contribution >= 4 is 0 Å². The minimum atomic E-state index is 0.747. The van der Waals surface area contributed by atoms with Crippen LogP contribution in [0.25, 0.3) is 0 Å². The van der Waals surface area contributed by atoms with Crippen molar-refractivity contribution in [2.75, 3.05) is 0 Å². The van der Waals surface area contributed by atoms with Crippen LogP contribution in [0, 0.1) is 34.5 Å². The summed E-state index contributed by atoms with van der Waals surface area (Å²) in [5.41, 5.74) is 2.10. The predicted molar refractivity (Wildman–Crippen MR) is 98.1 cm³/mol. The molecule has 0 spiro atoms. The van der Waals surface area contributed by atoms with E-state index in [0.29, 0.717) is 0 Å². The summed E-state index contributed by atoms with van der Waals surface area (Å²) in [7, 11) is 0. The fourth-order valence-corrected chi connectivity index (χ4v) is 3.53. The Morgan fingerprint density at radius 2 is 1.58 bits per heavy atom. The van der Waals surface area contributed by atoms with Crippen LogP contribution in [0.4, 0.5) is 0 Å². The molecular formula is C22H26N2. The normalized spacial score (nSPS) is 20.9. The molecule has 0 aromatic heterocycles. The van der Waals surface area contributed by atoms with Gasteiger partial charge in [-0.2, -0.15) is 10.5 Å². The van der Waals surface area contributed by atoms with E-state index in [-0.39, 0.29) is 0 Å². The third-order valence-electron chi connectivity index (χ3n) is 5.05. The first-order valence-corrected chi connectivity index (χ1v) is 9.02. The molecule has 0 amide bonds. The molecule has 1 aliphatic carbocycles. The molecule has 0 aliphatic heterocycles. The summed E-state index contributed by atoms with van der Waals surface area (Å²) in [5, 5.41) is 17.2. The summed E-state index contributed by atoms with van der Waals surface area (Å²) in [4.78, 5) is 0. The summed E-state index contributed by atoms with van der Waals surface area (Å²) < 4.78 is 0. The molecular weight excluding hydrogens is 292 g/mol. The Kier molecular flexibility index (Phi) is 7.85. The first-order chi connectivity index (χ1) is 11.8. The van der Waals surface area contributed by atoms with Gasteiger partial charge in [0.15, 0.2) is 0 Å². The summed E-state index contributed by atoms with van der Waals surface area (Å²) in [6.07, 6.45) is 17.7. The van der Waals surface area contributed by atoms with Gasteiger partial charge in [0.05, 0.1) is 17.7 Å². The lowest BCUT2D eigenvalue weighted by atomic mass is 9.78. The van der Waals surface area contributed by atoms with E-state index in [1.54, 1.807) is 6.08 Å². The third kappa shape index (κ3) is 6.43. The molecule has 2 nitrogen and oxygen atoms in total. The summed E-state index contributed by atoms with van der Waals surface area (Å²) in [6.45, 7) is 0. The molecule has 0 saturated heterocycles. The van der Waals surface area contributed by atoms with Crippen LogP contribution in [0.2, 0.25) is 0 Å². The zero-order valence-electron chi connectivity index (χ0n) is 14.3. The summed E-state index contributed by atoms with van der Waals surface area (Å²) in [5.74, 6) is 1.74. The van der Waals surface area contributed by atoms with Gasteiger partial charge in [-0.1, -0.05) is 56.0 Å². The molecule has 0 N–H and O–H groups in total. The average Bonchev–Trinajstić information content (AvgIpc) is 2.64. The molecule has 1 aromatic rings. The lowest BCUT2D eigenvalue weighted by Crippen LogP contribution is -2.15. The van der Waals surface area contributed by atoms with Gasteiger partial charge in [0.2, 0.25) is 0 Å². The first-order valence-electron chi connectivity index (χ1n) is 9.02. The van der Waals surface area contributed by atoms with Crippen LogP contribution < -0.4 is 0 Å². The maximum atomic E-state index is 8.83. The van der Waals surface area contributed by atoms with E-state index in [0.717, 1.165) is 30.2 Å². The van der Waals surface area contributed by atoms with E-state index < -0.39 is 0 Å². The number of nitriles is 2. The van der Waals surface area contributed by atoms with Crippen LogP contribution in [0.15, 0.2) is 48.6 Å². The van der Waals surface area contributed by atoms with Gasteiger partial charge in [-0.15, -0.1) is 0 Å². The molecule has 124 valence electrons. The number of aryl methyl sites for hydroxylation is 1. The Labute approximate surface area is 146 Å². The van der Waals surface area contributed by atoms with Gasteiger partial charge in [0, 0.05) is 6.08 Å². The lowest BCUT2D eigenvalue weighted by Gasteiger charge is -2.28. The van der Waals surface area contributed by atoms with Crippen LogP contribution in [-0.2, 0) is 6.42 Å². The molecule has 0 bridgehead atoms. The van der Waals surface area contributed by atoms with Gasteiger partial charge in [-0.05, 0) is 55.2 Å². The maximum Gasteiger partial charge on any atom is 0.0991 e. The SMILES string of the molecule is N#CC=CC=CCC[C@H]1CC[C@H](CCc2ccc(C#N)cc2)CC1. The van der Waals surface area contributed by atoms with E-state index in [9.17, 15) is 0 Å². The molecule has 0 atom stereocenters. The van der Waals surface area contributed by atoms with Crippen molar-refractivity contribution in [3.8, 4) is 12.1 Å². The largest absolute Gasteiger partial charge is 0.193 e. The molecule has 1 aliphatic rings. The van der Waals surface area contributed by atoms with E-state index in [1.807, 2.05) is 24.3 Å². The van der Waals surface area contributed by atoms with Crippen LogP contribution in [0.3, 0.4) is 0 Å². The van der Waals surface area contributed by atoms with Gasteiger partial charge < -0.3 is 0 Å². The quantitative estimate of drug-likeness (QED) is 0.477. The smallest absolute Gasteiger partial charge is 0.0991 e. The highest BCUT2D eigenvalue weighted by atomic mass is 14.3. The van der Waals surface area contributed by atoms with Gasteiger partial charge in [0.1, 0.15) is 0 Å². The molecule has 1 aromatic carbocycles. The maximum absolute atomic E-state index is 8.83. The van der Waals surface area contributed by atoms with Crippen molar-refractivity contribution in [3.63, 3.8) is 0 Å². The molecule has 0 heterocycles. The minimum Gasteiger partial charge on any atom is -0.193 e. The molecule has 1 saturated carbocycles. The summed E-state index contributed by atoms with van der Waals surface area (Å²) >= 11 is 0. The second-order valence-corrected chi connectivity index (χ2v) is 6.73. The monoisotopic (exact) mass is 318 g/mol. The van der Waals surface area contributed by atoms with Gasteiger partial charge in [-0.3, -0.25) is 0 Å². The zero-order chi connectivity index (χ0) is 17.0. The van der Waals surface area contributed by atoms with Crippen molar-refractivity contribution < 1.29 is 0 Å². The van der Waals surface area contributed by atoms with E-state index >= 15 is 0 Å². The van der Waals surface area contributed by atoms with Crippen molar-refractivity contribution in [2.24, 2.45) is 11.8 Å². The highest BCUT2D eigenvalue weighted by Crippen LogP contribution is 2.34. The Morgan fingerprint density at radius 3 is 2.21 bits per heavy atom. The van der Waals surface area contributed by atoms with Gasteiger partial charge in [-0.25, -0.2) is 0 Å². The van der Waals surface area contributed by atoms with Gasteiger partial charge in [0.25, 0.3) is 0 Å². The number of rotatable bonds is 7. The molecule has 0 unspecified atom stereocenters. The van der Waals surface area contributed by atoms with Crippen molar-refractivity contribution in [1.82, 2.24) is 0 Å². The van der Waals surface area contributed by atoms with E-state index in [4.69, 9.17) is 10.5 Å². The number of benzene rings is 1. The number of hydrogen-bond donors (Lipinski definition) is 0. The minimum absolute atomic E-state index is 0.747. The zero-order valence-corrected chi connectivity index (χ0v) is 14.3. The summed E-state index contributed by atoms with van der Waals surface area (Å²) in [6, 6.07) is 12.2. The Balaban J connectivity index is 1.62. The second kappa shape index (κ2) is 10.5. The van der Waals surface area contributed by atoms with Crippen molar-refractivity contribution in [1.29, 1.82) is 10.5 Å². The van der Waals surface area contributed by atoms with E-state index in [1.165, 1.54) is 50.2 Å². The average molecular weight is 318 g/mol. The number of nitrogens with zero attached hydrogens (tertiary/aromatic N) is 2. The molecule has 2 rings (SSSR count). The third-order valence-corrected chi connectivity index (χ3v) is 5.05. The lowest BCUT2D eigenvalue weighted by molar-refractivity contribution is 0.254. The molecule has 1 fully saturated rings. The fourth-order valence-electron chi connectivity index (χ4n) is 3.53. The van der Waals surface area contributed by atoms with Crippen molar-refractivity contribution in [3.05, 3.63) is 59.7 Å².